The van der Waals surface area contributed by atoms with Crippen molar-refractivity contribution in [1.82, 2.24) is 5.48 Å². The summed E-state index contributed by atoms with van der Waals surface area (Å²) >= 11 is 0. The normalized spacial score (nSPS) is 21.4. The molecule has 124 valence electrons. The highest BCUT2D eigenvalue weighted by molar-refractivity contribution is 5.45. The summed E-state index contributed by atoms with van der Waals surface area (Å²) in [7, 11) is 0. The molecule has 1 aliphatic heterocycles. The molecule has 2 N–H and O–H groups in total. The second kappa shape index (κ2) is 6.25. The lowest BCUT2D eigenvalue weighted by Gasteiger charge is -2.46. The molecule has 1 unspecified atom stereocenters. The number of ether oxygens (including phenoxy) is 1. The van der Waals surface area contributed by atoms with E-state index in [1.165, 1.54) is 0 Å². The van der Waals surface area contributed by atoms with Crippen molar-refractivity contribution < 1.29 is 14.7 Å². The molecule has 0 bridgehead atoms. The van der Waals surface area contributed by atoms with Gasteiger partial charge in [0.15, 0.2) is 5.72 Å². The van der Waals surface area contributed by atoms with Crippen LogP contribution in [-0.2, 0) is 17.9 Å². The summed E-state index contributed by atoms with van der Waals surface area (Å²) in [5.74, 6) is 0.675. The van der Waals surface area contributed by atoms with E-state index < -0.39 is 11.3 Å². The van der Waals surface area contributed by atoms with Gasteiger partial charge in [-0.05, 0) is 43.2 Å². The maximum absolute atomic E-state index is 11.0. The van der Waals surface area contributed by atoms with E-state index >= 15 is 0 Å². The molecule has 0 saturated heterocycles. The van der Waals surface area contributed by atoms with E-state index in [9.17, 15) is 5.11 Å². The lowest BCUT2D eigenvalue weighted by atomic mass is 9.85. The summed E-state index contributed by atoms with van der Waals surface area (Å²) in [6.07, 6.45) is 0.277. The number of hydroxylamine groups is 1. The van der Waals surface area contributed by atoms with E-state index in [1.807, 2.05) is 30.3 Å². The van der Waals surface area contributed by atoms with E-state index in [-0.39, 0.29) is 6.42 Å². The molecule has 5 heteroatoms. The van der Waals surface area contributed by atoms with E-state index in [2.05, 4.69) is 11.5 Å². The second-order valence-electron chi connectivity index (χ2n) is 6.46. The minimum absolute atomic E-state index is 0.277. The maximum atomic E-state index is 11.0. The molecule has 2 aromatic rings. The minimum atomic E-state index is -1.41. The fourth-order valence-corrected chi connectivity index (χ4v) is 2.71. The average Bonchev–Trinajstić information content (AvgIpc) is 2.56. The number of hydrogen-bond donors (Lipinski definition) is 2. The lowest BCUT2D eigenvalue weighted by molar-refractivity contribution is -0.218. The Morgan fingerprint density at radius 3 is 2.71 bits per heavy atom. The largest absolute Gasteiger partial charge is 0.483 e. The molecule has 1 aliphatic rings. The van der Waals surface area contributed by atoms with Gasteiger partial charge in [-0.3, -0.25) is 4.84 Å². The first kappa shape index (κ1) is 16.5. The summed E-state index contributed by atoms with van der Waals surface area (Å²) in [6, 6.07) is 17.0. The molecule has 0 amide bonds. The van der Waals surface area contributed by atoms with Crippen molar-refractivity contribution in [2.45, 2.75) is 38.2 Å². The van der Waals surface area contributed by atoms with E-state index in [1.54, 1.807) is 32.0 Å². The number of hydrogen-bond acceptors (Lipinski definition) is 5. The number of nitrogens with one attached hydrogen (secondary N) is 1. The Labute approximate surface area is 141 Å². The average molecular weight is 324 g/mol. The topological polar surface area (TPSA) is 74.5 Å². The molecule has 0 aromatic heterocycles. The van der Waals surface area contributed by atoms with Gasteiger partial charge in [0.1, 0.15) is 11.4 Å². The van der Waals surface area contributed by atoms with Crippen molar-refractivity contribution >= 4 is 0 Å². The zero-order chi connectivity index (χ0) is 17.2. The van der Waals surface area contributed by atoms with Crippen molar-refractivity contribution in [1.29, 1.82) is 5.26 Å². The van der Waals surface area contributed by atoms with Crippen molar-refractivity contribution in [3.05, 3.63) is 65.2 Å². The molecule has 0 aliphatic carbocycles. The summed E-state index contributed by atoms with van der Waals surface area (Å²) in [5, 5.41) is 20.1. The van der Waals surface area contributed by atoms with Crippen LogP contribution in [0, 0.1) is 11.3 Å². The van der Waals surface area contributed by atoms with Crippen LogP contribution in [-0.4, -0.2) is 16.4 Å². The third-order valence-corrected chi connectivity index (χ3v) is 4.32. The van der Waals surface area contributed by atoms with Crippen molar-refractivity contribution in [2.24, 2.45) is 0 Å². The van der Waals surface area contributed by atoms with Crippen LogP contribution in [0.2, 0.25) is 0 Å². The number of aliphatic hydroxyl groups is 1. The molecule has 0 saturated carbocycles. The van der Waals surface area contributed by atoms with Crippen molar-refractivity contribution in [2.75, 3.05) is 0 Å². The lowest BCUT2D eigenvalue weighted by Crippen LogP contribution is -2.65. The van der Waals surface area contributed by atoms with Crippen LogP contribution in [0.25, 0.3) is 0 Å². The zero-order valence-corrected chi connectivity index (χ0v) is 13.7. The van der Waals surface area contributed by atoms with E-state index in [0.29, 0.717) is 17.9 Å². The number of nitriles is 1. The van der Waals surface area contributed by atoms with Gasteiger partial charge in [0.05, 0.1) is 18.2 Å². The van der Waals surface area contributed by atoms with Crippen LogP contribution >= 0.6 is 0 Å². The standard InChI is InChI=1S/C19H20N2O3/c1-18(2)19(22,21-23-13-14-6-4-3-5-7-14)11-16-10-15(12-20)8-9-17(16)24-18/h3-10,21-22H,11,13H2,1-2H3. The van der Waals surface area contributed by atoms with Crippen LogP contribution in [0.4, 0.5) is 0 Å². The Kier molecular flexibility index (Phi) is 4.29. The van der Waals surface area contributed by atoms with E-state index in [0.717, 1.165) is 11.1 Å². The first-order chi connectivity index (χ1) is 11.4. The van der Waals surface area contributed by atoms with E-state index in [4.69, 9.17) is 14.8 Å². The van der Waals surface area contributed by atoms with Crippen molar-refractivity contribution in [3.63, 3.8) is 0 Å². The zero-order valence-electron chi connectivity index (χ0n) is 13.7. The van der Waals surface area contributed by atoms with Crippen LogP contribution < -0.4 is 10.2 Å². The molecule has 3 rings (SSSR count). The molecule has 2 aromatic carbocycles. The van der Waals surface area contributed by atoms with Gasteiger partial charge in [-0.1, -0.05) is 30.3 Å². The quantitative estimate of drug-likeness (QED) is 0.668. The second-order valence-corrected chi connectivity index (χ2v) is 6.46. The highest BCUT2D eigenvalue weighted by Gasteiger charge is 2.50. The predicted octanol–water partition coefficient (Wildman–Crippen LogP) is 2.68. The molecule has 1 heterocycles. The van der Waals surface area contributed by atoms with Gasteiger partial charge in [-0.15, -0.1) is 0 Å². The summed E-state index contributed by atoms with van der Waals surface area (Å²) in [5.41, 5.74) is 2.75. The smallest absolute Gasteiger partial charge is 0.181 e. The van der Waals surface area contributed by atoms with Crippen LogP contribution in [0.1, 0.15) is 30.5 Å². The number of fused-ring (bicyclic) bond motifs is 1. The summed E-state index contributed by atoms with van der Waals surface area (Å²) in [4.78, 5) is 5.52. The van der Waals surface area contributed by atoms with Gasteiger partial charge in [-0.25, -0.2) is 0 Å². The van der Waals surface area contributed by atoms with Crippen molar-refractivity contribution in [3.8, 4) is 11.8 Å². The Morgan fingerprint density at radius 1 is 1.25 bits per heavy atom. The van der Waals surface area contributed by atoms with Gasteiger partial charge >= 0.3 is 0 Å². The van der Waals surface area contributed by atoms with Crippen LogP contribution in [0.5, 0.6) is 5.75 Å². The third kappa shape index (κ3) is 3.13. The molecular formula is C19H20N2O3. The third-order valence-electron chi connectivity index (χ3n) is 4.32. The Hall–Kier alpha value is -2.39. The Bertz CT molecular complexity index is 768. The molecular weight excluding hydrogens is 304 g/mol. The molecule has 0 fully saturated rings. The maximum Gasteiger partial charge on any atom is 0.181 e. The van der Waals surface area contributed by atoms with Gasteiger partial charge in [0.2, 0.25) is 0 Å². The minimum Gasteiger partial charge on any atom is -0.483 e. The van der Waals surface area contributed by atoms with Gasteiger partial charge in [0, 0.05) is 6.42 Å². The number of nitrogens with zero attached hydrogens (tertiary/aromatic N) is 1. The highest BCUT2D eigenvalue weighted by atomic mass is 16.7. The fourth-order valence-electron chi connectivity index (χ4n) is 2.71. The van der Waals surface area contributed by atoms with Crippen LogP contribution in [0.15, 0.2) is 48.5 Å². The molecule has 0 radical (unpaired) electrons. The van der Waals surface area contributed by atoms with Crippen LogP contribution in [0.3, 0.4) is 0 Å². The monoisotopic (exact) mass is 324 g/mol. The van der Waals surface area contributed by atoms with Gasteiger partial charge in [-0.2, -0.15) is 10.7 Å². The Morgan fingerprint density at radius 2 is 2.00 bits per heavy atom. The SMILES string of the molecule is CC1(C)Oc2ccc(C#N)cc2CC1(O)NOCc1ccccc1. The first-order valence-electron chi connectivity index (χ1n) is 7.81. The van der Waals surface area contributed by atoms with Gasteiger partial charge in [0.25, 0.3) is 0 Å². The number of benzene rings is 2. The fraction of sp³-hybridized carbons (Fsp3) is 0.316. The number of rotatable bonds is 4. The molecule has 24 heavy (non-hydrogen) atoms. The van der Waals surface area contributed by atoms with Gasteiger partial charge < -0.3 is 9.84 Å². The summed E-state index contributed by atoms with van der Waals surface area (Å²) < 4.78 is 5.94. The molecule has 1 atom stereocenters. The molecule has 0 spiro atoms. The first-order valence-corrected chi connectivity index (χ1v) is 7.81. The predicted molar refractivity (Wildman–Crippen MR) is 88.9 cm³/mol. The Balaban J connectivity index is 1.76. The summed E-state index contributed by atoms with van der Waals surface area (Å²) in [6.45, 7) is 3.92. The highest BCUT2D eigenvalue weighted by Crippen LogP contribution is 2.38. The molecule has 5 nitrogen and oxygen atoms in total.